The molecule has 0 rings (SSSR count). The first-order valence-electron chi connectivity index (χ1n) is 15.3. The van der Waals surface area contributed by atoms with Gasteiger partial charge in [-0.25, -0.2) is 0 Å². The number of esters is 2. The number of unbranched alkanes of at least 4 members (excludes halogenated alkanes) is 10. The van der Waals surface area contributed by atoms with E-state index in [0.717, 1.165) is 25.7 Å². The smallest absolute Gasteiger partial charge is 0.778 e. The minimum Gasteiger partial charge on any atom is -0.778 e. The standard InChI is InChI=1S/2C8H16O3S.2C8H17.2H2S.2Sn/c2*1-4-7(10-3)5-11-8(9)6(2)12;2*1-3-5-7-8-6-4-2;;;;/h2*6-7,12H,4-5H2,1-3H3;2*1,3-8H2,2H3;2*1H2;;/q;;;;;;;+2/p-2. The molecule has 0 saturated heterocycles. The molecule has 0 aromatic heterocycles. The molecule has 44 heavy (non-hydrogen) atoms. The maximum Gasteiger partial charge on any atom is 2.00 e. The number of hydrogen-bond acceptors (Lipinski definition) is 8. The molecule has 0 heterocycles. The van der Waals surface area contributed by atoms with Crippen molar-refractivity contribution in [3.63, 3.8) is 0 Å². The van der Waals surface area contributed by atoms with Gasteiger partial charge in [-0.3, -0.25) is 9.59 Å². The first-order valence-corrected chi connectivity index (χ1v) is 16.3. The largest absolute Gasteiger partial charge is 2.00 e. The summed E-state index contributed by atoms with van der Waals surface area (Å²) in [6.07, 6.45) is 17.6. The van der Waals surface area contributed by atoms with Gasteiger partial charge in [0.25, 0.3) is 11.9 Å². The molecule has 4 unspecified atom stereocenters. The monoisotopic (exact) mass is 916 g/mol. The summed E-state index contributed by atoms with van der Waals surface area (Å²) in [5, 5.41) is -0.946. The topological polar surface area (TPSA) is 71.1 Å². The van der Waals surface area contributed by atoms with Gasteiger partial charge in [0, 0.05) is 38.1 Å². The van der Waals surface area contributed by atoms with Crippen LogP contribution >= 0.6 is 27.0 Å². The SMILES string of the molecule is CCC(COC(=O)C(C)[S-])OC.CCC(COC(=O)C(C)[S-])OC.S.S.[CH2]CCCCCCC.[CH2]CCCCCCC.[Sn+2].[Sn]. The number of ether oxygens (including phenoxy) is 4. The quantitative estimate of drug-likeness (QED) is 0.0536. The Labute approximate surface area is 333 Å². The Morgan fingerprint density at radius 1 is 0.614 bits per heavy atom. The minimum atomic E-state index is -0.473. The summed E-state index contributed by atoms with van der Waals surface area (Å²) in [5.41, 5.74) is 0. The zero-order valence-corrected chi connectivity index (χ0v) is 38.6. The molecule has 0 bridgehead atoms. The summed E-state index contributed by atoms with van der Waals surface area (Å²) in [5.74, 6) is -0.694. The molecule has 4 atom stereocenters. The van der Waals surface area contributed by atoms with E-state index in [2.05, 4.69) is 27.7 Å². The molecule has 0 amide bonds. The summed E-state index contributed by atoms with van der Waals surface area (Å²) in [4.78, 5) is 21.8. The molecule has 8 radical (unpaired) electrons. The fraction of sp³-hybridized carbons (Fsp3) is 0.875. The van der Waals surface area contributed by atoms with Crippen molar-refractivity contribution in [1.29, 1.82) is 0 Å². The van der Waals surface area contributed by atoms with Crippen molar-refractivity contribution >= 4 is 112 Å². The van der Waals surface area contributed by atoms with Crippen molar-refractivity contribution in [2.24, 2.45) is 0 Å². The van der Waals surface area contributed by atoms with Gasteiger partial charge in [-0.2, -0.15) is 27.0 Å². The Balaban J connectivity index is -0.0000000646. The maximum absolute atomic E-state index is 10.9. The van der Waals surface area contributed by atoms with Crippen LogP contribution in [0.2, 0.25) is 0 Å². The first kappa shape index (κ1) is 64.4. The molecule has 0 fully saturated rings. The molecule has 0 aromatic carbocycles. The molecule has 0 aliphatic rings. The van der Waals surface area contributed by atoms with Crippen molar-refractivity contribution in [3.8, 4) is 0 Å². The predicted octanol–water partition coefficient (Wildman–Crippen LogP) is 7.61. The molecule has 0 spiro atoms. The molecule has 0 aliphatic carbocycles. The third-order valence-corrected chi connectivity index (χ3v) is 6.16. The van der Waals surface area contributed by atoms with Gasteiger partial charge in [-0.05, 0) is 12.8 Å². The average Bonchev–Trinajstić information content (AvgIpc) is 2.95. The molecular weight excluding hydrogens is 846 g/mol. The third kappa shape index (κ3) is 56.2. The van der Waals surface area contributed by atoms with E-state index in [0.29, 0.717) is 13.2 Å². The Kier molecular flexibility index (Phi) is 79.5. The van der Waals surface area contributed by atoms with Gasteiger partial charge < -0.3 is 44.2 Å². The normalized spacial score (nSPS) is 11.9. The van der Waals surface area contributed by atoms with Gasteiger partial charge in [0.2, 0.25) is 0 Å². The van der Waals surface area contributed by atoms with Crippen LogP contribution in [0.3, 0.4) is 0 Å². The van der Waals surface area contributed by atoms with Gasteiger partial charge in [0.1, 0.15) is 13.2 Å². The molecule has 0 N–H and O–H groups in total. The van der Waals surface area contributed by atoms with Crippen LogP contribution in [0.4, 0.5) is 0 Å². The van der Waals surface area contributed by atoms with Gasteiger partial charge in [-0.1, -0.05) is 143 Å². The van der Waals surface area contributed by atoms with Crippen LogP contribution < -0.4 is 0 Å². The van der Waals surface area contributed by atoms with E-state index in [-0.39, 0.29) is 99.0 Å². The predicted molar refractivity (Wildman–Crippen MR) is 207 cm³/mol. The van der Waals surface area contributed by atoms with Gasteiger partial charge >= 0.3 is 23.9 Å². The summed E-state index contributed by atoms with van der Waals surface area (Å²) >= 11 is 9.42. The maximum atomic E-state index is 10.9. The second-order valence-electron chi connectivity index (χ2n) is 9.61. The second-order valence-corrected chi connectivity index (χ2v) is 11.0. The Bertz CT molecular complexity index is 459. The zero-order chi connectivity index (χ0) is 31.6. The molecule has 12 heteroatoms. The van der Waals surface area contributed by atoms with Crippen LogP contribution in [0.5, 0.6) is 0 Å². The van der Waals surface area contributed by atoms with Gasteiger partial charge in [-0.15, -0.1) is 0 Å². The van der Waals surface area contributed by atoms with E-state index in [1.807, 2.05) is 13.8 Å². The summed E-state index contributed by atoms with van der Waals surface area (Å²) in [7, 11) is 3.19. The minimum absolute atomic E-state index is 0. The Morgan fingerprint density at radius 3 is 1.07 bits per heavy atom. The fourth-order valence-corrected chi connectivity index (χ4v) is 2.99. The molecule has 264 valence electrons. The summed E-state index contributed by atoms with van der Waals surface area (Å²) < 4.78 is 19.8. The zero-order valence-electron chi connectivity index (χ0n) is 29.3. The van der Waals surface area contributed by atoms with Crippen LogP contribution in [0, 0.1) is 13.8 Å². The van der Waals surface area contributed by atoms with E-state index < -0.39 is 10.5 Å². The average molecular weight is 915 g/mol. The fourth-order valence-electron chi connectivity index (χ4n) is 2.85. The third-order valence-electron chi connectivity index (χ3n) is 5.77. The number of rotatable bonds is 20. The molecule has 0 aromatic rings. The van der Waals surface area contributed by atoms with E-state index in [4.69, 9.17) is 44.2 Å². The summed E-state index contributed by atoms with van der Waals surface area (Å²) in [6, 6.07) is 0. The number of methoxy groups -OCH3 is 2. The first-order chi connectivity index (χ1) is 19.1. The Hall–Kier alpha value is 1.86. The number of carbonyl (C=O) groups excluding carboxylic acids is 2. The van der Waals surface area contributed by atoms with Crippen LogP contribution in [0.25, 0.3) is 0 Å². The van der Waals surface area contributed by atoms with Crippen LogP contribution in [0.15, 0.2) is 0 Å². The van der Waals surface area contributed by atoms with E-state index in [1.165, 1.54) is 64.2 Å². The van der Waals surface area contributed by atoms with Crippen LogP contribution in [0.1, 0.15) is 131 Å². The van der Waals surface area contributed by atoms with Gasteiger partial charge in [0.05, 0.1) is 12.2 Å². The van der Waals surface area contributed by atoms with Gasteiger partial charge in [0.15, 0.2) is 0 Å². The van der Waals surface area contributed by atoms with Crippen molar-refractivity contribution in [3.05, 3.63) is 13.8 Å². The van der Waals surface area contributed by atoms with E-state index in [1.54, 1.807) is 28.1 Å². The molecule has 6 nitrogen and oxygen atoms in total. The van der Waals surface area contributed by atoms with Crippen molar-refractivity contribution in [1.82, 2.24) is 0 Å². The molecule has 0 saturated carbocycles. The van der Waals surface area contributed by atoms with Crippen molar-refractivity contribution in [2.45, 2.75) is 154 Å². The van der Waals surface area contributed by atoms with E-state index >= 15 is 0 Å². The number of carbonyl (C=O) groups is 2. The number of hydrogen-bond donors (Lipinski definition) is 0. The Morgan fingerprint density at radius 2 is 0.886 bits per heavy atom. The van der Waals surface area contributed by atoms with Crippen molar-refractivity contribution in [2.75, 3.05) is 27.4 Å². The van der Waals surface area contributed by atoms with Crippen LogP contribution in [-0.4, -0.2) is 110 Å². The van der Waals surface area contributed by atoms with E-state index in [9.17, 15) is 9.59 Å². The second kappa shape index (κ2) is 54.3. The van der Waals surface area contributed by atoms with Crippen LogP contribution in [-0.2, 0) is 53.8 Å². The van der Waals surface area contributed by atoms with Crippen molar-refractivity contribution < 1.29 is 28.5 Å². The molecule has 0 aliphatic heterocycles. The summed E-state index contributed by atoms with van der Waals surface area (Å²) in [6.45, 7) is 19.8. The molecular formula is C32H68O6S4Sn2.